The summed E-state index contributed by atoms with van der Waals surface area (Å²) < 4.78 is 6.37. The van der Waals surface area contributed by atoms with E-state index in [2.05, 4.69) is 10.3 Å². The molecule has 2 heterocycles. The maximum absolute atomic E-state index is 13.7. The number of methoxy groups -OCH3 is 1. The quantitative estimate of drug-likeness (QED) is 0.571. The molecular weight excluding hydrogens is 432 g/mol. The summed E-state index contributed by atoms with van der Waals surface area (Å²) in [6.45, 7) is 6.42. The predicted molar refractivity (Wildman–Crippen MR) is 126 cm³/mol. The second kappa shape index (κ2) is 9.13. The third-order valence-electron chi connectivity index (χ3n) is 6.22. The second-order valence-corrected chi connectivity index (χ2v) is 8.88. The molecule has 0 saturated heterocycles. The minimum absolute atomic E-state index is 0.0520. The standard InChI is InChI=1S/C26H28N4O4/c1-17-8-10-19(11-9-17)13-27-25(33)26(3)15-29-16-28-21(24(32)34-4)22(29)23(31)30(26)14-20-7-5-6-18(2)12-20/h5-12,16H,13-15H2,1-4H3,(H,27,33)/t26-/m1/s1. The maximum Gasteiger partial charge on any atom is 0.359 e. The number of nitrogens with one attached hydrogen (secondary N) is 1. The Kier molecular flexibility index (Phi) is 6.24. The fourth-order valence-electron chi connectivity index (χ4n) is 4.25. The fraction of sp³-hybridized carbons (Fsp3) is 0.308. The van der Waals surface area contributed by atoms with Crippen molar-refractivity contribution in [3.05, 3.63) is 88.5 Å². The third kappa shape index (κ3) is 4.31. The number of esters is 1. The molecule has 0 bridgehead atoms. The molecule has 1 aliphatic heterocycles. The van der Waals surface area contributed by atoms with Gasteiger partial charge in [0.05, 0.1) is 20.0 Å². The van der Waals surface area contributed by atoms with Gasteiger partial charge in [-0.2, -0.15) is 0 Å². The van der Waals surface area contributed by atoms with Gasteiger partial charge in [0, 0.05) is 13.1 Å². The molecule has 1 atom stereocenters. The number of hydrogen-bond donors (Lipinski definition) is 1. The zero-order valence-corrected chi connectivity index (χ0v) is 19.8. The van der Waals surface area contributed by atoms with Crippen LogP contribution in [-0.2, 0) is 29.2 Å². The number of nitrogens with zero attached hydrogens (tertiary/aromatic N) is 3. The number of hydrogen-bond acceptors (Lipinski definition) is 5. The Labute approximate surface area is 198 Å². The van der Waals surface area contributed by atoms with Crippen molar-refractivity contribution in [2.45, 2.75) is 45.9 Å². The number of fused-ring (bicyclic) bond motifs is 1. The summed E-state index contributed by atoms with van der Waals surface area (Å²) in [5.41, 5.74) is 2.91. The van der Waals surface area contributed by atoms with Gasteiger partial charge < -0.3 is 19.5 Å². The summed E-state index contributed by atoms with van der Waals surface area (Å²) in [6.07, 6.45) is 1.41. The molecule has 1 aromatic heterocycles. The lowest BCUT2D eigenvalue weighted by Gasteiger charge is -2.43. The number of carbonyl (C=O) groups is 3. The van der Waals surface area contributed by atoms with Gasteiger partial charge >= 0.3 is 5.97 Å². The van der Waals surface area contributed by atoms with Gasteiger partial charge in [-0.15, -0.1) is 0 Å². The molecule has 34 heavy (non-hydrogen) atoms. The van der Waals surface area contributed by atoms with E-state index >= 15 is 0 Å². The van der Waals surface area contributed by atoms with Gasteiger partial charge in [-0.05, 0) is 31.9 Å². The van der Waals surface area contributed by atoms with Gasteiger partial charge in [0.1, 0.15) is 11.2 Å². The highest BCUT2D eigenvalue weighted by atomic mass is 16.5. The Morgan fingerprint density at radius 1 is 1.09 bits per heavy atom. The molecule has 4 rings (SSSR count). The minimum Gasteiger partial charge on any atom is -0.464 e. The molecule has 2 amide bonds. The maximum atomic E-state index is 13.7. The van der Waals surface area contributed by atoms with Crippen LogP contribution in [0.15, 0.2) is 54.9 Å². The lowest BCUT2D eigenvalue weighted by atomic mass is 9.93. The average molecular weight is 461 g/mol. The van der Waals surface area contributed by atoms with Crippen molar-refractivity contribution in [3.63, 3.8) is 0 Å². The highest BCUT2D eigenvalue weighted by Gasteiger charge is 2.48. The molecule has 1 N–H and O–H groups in total. The zero-order valence-electron chi connectivity index (χ0n) is 19.8. The molecule has 8 heteroatoms. The Balaban J connectivity index is 1.69. The van der Waals surface area contributed by atoms with Crippen LogP contribution in [0.1, 0.15) is 50.2 Å². The molecular formula is C26H28N4O4. The summed E-state index contributed by atoms with van der Waals surface area (Å²) in [5.74, 6) is -1.42. The normalized spacial score (nSPS) is 17.3. The Morgan fingerprint density at radius 2 is 1.82 bits per heavy atom. The van der Waals surface area contributed by atoms with Crippen molar-refractivity contribution < 1.29 is 19.1 Å². The smallest absolute Gasteiger partial charge is 0.359 e. The molecule has 0 spiro atoms. The number of aromatic nitrogens is 2. The van der Waals surface area contributed by atoms with Crippen LogP contribution in [0.5, 0.6) is 0 Å². The third-order valence-corrected chi connectivity index (χ3v) is 6.22. The van der Waals surface area contributed by atoms with Crippen molar-refractivity contribution in [1.82, 2.24) is 19.8 Å². The Hall–Kier alpha value is -3.94. The number of carbonyl (C=O) groups excluding carboxylic acids is 3. The van der Waals surface area contributed by atoms with Crippen LogP contribution in [0.2, 0.25) is 0 Å². The van der Waals surface area contributed by atoms with Gasteiger partial charge in [0.25, 0.3) is 5.91 Å². The van der Waals surface area contributed by atoms with E-state index in [9.17, 15) is 14.4 Å². The van der Waals surface area contributed by atoms with E-state index in [1.54, 1.807) is 11.5 Å². The highest BCUT2D eigenvalue weighted by molar-refractivity contribution is 6.06. The van der Waals surface area contributed by atoms with Crippen molar-refractivity contribution >= 4 is 17.8 Å². The van der Waals surface area contributed by atoms with E-state index in [0.29, 0.717) is 6.54 Å². The lowest BCUT2D eigenvalue weighted by Crippen LogP contribution is -2.63. The van der Waals surface area contributed by atoms with Crippen LogP contribution in [-0.4, -0.2) is 44.9 Å². The highest BCUT2D eigenvalue weighted by Crippen LogP contribution is 2.31. The second-order valence-electron chi connectivity index (χ2n) is 8.88. The van der Waals surface area contributed by atoms with E-state index in [-0.39, 0.29) is 30.4 Å². The van der Waals surface area contributed by atoms with Crippen molar-refractivity contribution in [1.29, 1.82) is 0 Å². The first kappa shape index (κ1) is 23.2. The molecule has 176 valence electrons. The molecule has 1 aliphatic rings. The van der Waals surface area contributed by atoms with Crippen LogP contribution in [0.25, 0.3) is 0 Å². The number of ether oxygens (including phenoxy) is 1. The number of rotatable bonds is 6. The Morgan fingerprint density at radius 3 is 2.50 bits per heavy atom. The summed E-state index contributed by atoms with van der Waals surface area (Å²) in [5, 5.41) is 2.99. The van der Waals surface area contributed by atoms with E-state index in [4.69, 9.17) is 4.74 Å². The van der Waals surface area contributed by atoms with Crippen molar-refractivity contribution in [3.8, 4) is 0 Å². The summed E-state index contributed by atoms with van der Waals surface area (Å²) in [6, 6.07) is 15.7. The SMILES string of the molecule is COC(=O)c1ncn2c1C(=O)N(Cc1cccc(C)c1)[C@@](C)(C(=O)NCc1ccc(C)cc1)C2. The van der Waals surface area contributed by atoms with Crippen LogP contribution in [0.3, 0.4) is 0 Å². The average Bonchev–Trinajstić information content (AvgIpc) is 3.24. The first-order valence-corrected chi connectivity index (χ1v) is 11.1. The van der Waals surface area contributed by atoms with Gasteiger partial charge in [0.2, 0.25) is 5.91 Å². The first-order valence-electron chi connectivity index (χ1n) is 11.1. The number of aryl methyl sites for hydroxylation is 2. The predicted octanol–water partition coefficient (Wildman–Crippen LogP) is 3.02. The molecule has 8 nitrogen and oxygen atoms in total. The van der Waals surface area contributed by atoms with Crippen LogP contribution in [0.4, 0.5) is 0 Å². The van der Waals surface area contributed by atoms with E-state index in [1.165, 1.54) is 18.3 Å². The number of imidazole rings is 1. The van der Waals surface area contributed by atoms with Crippen molar-refractivity contribution in [2.75, 3.05) is 7.11 Å². The lowest BCUT2D eigenvalue weighted by molar-refractivity contribution is -0.133. The van der Waals surface area contributed by atoms with Crippen LogP contribution >= 0.6 is 0 Å². The van der Waals surface area contributed by atoms with Crippen molar-refractivity contribution in [2.24, 2.45) is 0 Å². The monoisotopic (exact) mass is 460 g/mol. The molecule has 3 aromatic rings. The van der Waals surface area contributed by atoms with E-state index in [0.717, 1.165) is 22.3 Å². The van der Waals surface area contributed by atoms with E-state index < -0.39 is 17.4 Å². The molecule has 0 unspecified atom stereocenters. The fourth-order valence-corrected chi connectivity index (χ4v) is 4.25. The summed E-state index contributed by atoms with van der Waals surface area (Å²) in [4.78, 5) is 45.1. The Bertz CT molecular complexity index is 1250. The number of benzene rings is 2. The molecule has 0 radical (unpaired) electrons. The summed E-state index contributed by atoms with van der Waals surface area (Å²) >= 11 is 0. The number of amides is 2. The molecule has 0 saturated carbocycles. The van der Waals surface area contributed by atoms with Gasteiger partial charge in [-0.3, -0.25) is 9.59 Å². The molecule has 0 aliphatic carbocycles. The topological polar surface area (TPSA) is 93.5 Å². The van der Waals surface area contributed by atoms with Crippen LogP contribution in [0, 0.1) is 13.8 Å². The van der Waals surface area contributed by atoms with Crippen LogP contribution < -0.4 is 5.32 Å². The largest absolute Gasteiger partial charge is 0.464 e. The first-order chi connectivity index (χ1) is 16.2. The molecule has 0 fully saturated rings. The van der Waals surface area contributed by atoms with Gasteiger partial charge in [0.15, 0.2) is 5.69 Å². The molecule has 2 aromatic carbocycles. The zero-order chi connectivity index (χ0) is 24.5. The van der Waals surface area contributed by atoms with E-state index in [1.807, 2.05) is 62.4 Å². The van der Waals surface area contributed by atoms with Gasteiger partial charge in [-0.25, -0.2) is 9.78 Å². The minimum atomic E-state index is -1.20. The summed E-state index contributed by atoms with van der Waals surface area (Å²) in [7, 11) is 1.24. The van der Waals surface area contributed by atoms with Gasteiger partial charge in [-0.1, -0.05) is 59.7 Å².